The topological polar surface area (TPSA) is 75.5 Å². The quantitative estimate of drug-likeness (QED) is 0.194. The van der Waals surface area contributed by atoms with E-state index in [1.165, 1.54) is 0 Å². The minimum atomic E-state index is -0.436. The summed E-state index contributed by atoms with van der Waals surface area (Å²) in [7, 11) is 5.72. The van der Waals surface area contributed by atoms with E-state index in [1.54, 1.807) is 29.0 Å². The molecule has 2 amide bonds. The Hall–Kier alpha value is -3.75. The van der Waals surface area contributed by atoms with E-state index in [1.807, 2.05) is 56.6 Å². The summed E-state index contributed by atoms with van der Waals surface area (Å²) in [5.41, 5.74) is 2.24. The van der Waals surface area contributed by atoms with E-state index < -0.39 is 6.09 Å². The van der Waals surface area contributed by atoms with Crippen molar-refractivity contribution in [3.63, 3.8) is 0 Å². The Morgan fingerprint density at radius 2 is 1.83 bits per heavy atom. The number of furan rings is 1. The molecule has 216 valence electrons. The van der Waals surface area contributed by atoms with Gasteiger partial charge in [-0.3, -0.25) is 4.79 Å². The largest absolute Gasteiger partial charge is 0.492 e. The fraction of sp³-hybridized carbons (Fsp3) is 0.375. The molecule has 0 spiro atoms. The van der Waals surface area contributed by atoms with Crippen molar-refractivity contribution in [2.45, 2.75) is 25.7 Å². The normalized spacial score (nSPS) is 14.6. The molecule has 0 radical (unpaired) electrons. The number of anilines is 1. The molecule has 3 aromatic carbocycles. The van der Waals surface area contributed by atoms with Crippen LogP contribution in [0.4, 0.5) is 10.5 Å². The van der Waals surface area contributed by atoms with E-state index in [2.05, 4.69) is 11.8 Å². The molecule has 4 aromatic rings. The molecule has 1 aromatic heterocycles. The molecule has 0 N–H and O–H groups in total. The average Bonchev–Trinajstić information content (AvgIpc) is 3.56. The Kier molecular flexibility index (Phi) is 8.71. The molecule has 0 bridgehead atoms. The lowest BCUT2D eigenvalue weighted by atomic mass is 9.95. The Morgan fingerprint density at radius 1 is 1.05 bits per heavy atom. The van der Waals surface area contributed by atoms with Gasteiger partial charge in [-0.15, -0.1) is 11.6 Å². The highest BCUT2D eigenvalue weighted by Crippen LogP contribution is 2.46. The molecule has 1 aliphatic rings. The minimum absolute atomic E-state index is 0.0847. The first kappa shape index (κ1) is 28.8. The van der Waals surface area contributed by atoms with Crippen molar-refractivity contribution in [3.05, 3.63) is 65.9 Å². The number of likely N-dealkylation sites (N-methyl/N-ethyl adjacent to an activating group) is 1. The Labute approximate surface area is 245 Å². The lowest BCUT2D eigenvalue weighted by Gasteiger charge is -2.20. The van der Waals surface area contributed by atoms with Gasteiger partial charge in [0.1, 0.15) is 23.7 Å². The summed E-state index contributed by atoms with van der Waals surface area (Å²) in [6.07, 6.45) is 1.43. The van der Waals surface area contributed by atoms with Crippen LogP contribution in [-0.2, 0) is 0 Å². The third-order valence-corrected chi connectivity index (χ3v) is 7.79. The van der Waals surface area contributed by atoms with Gasteiger partial charge in [-0.1, -0.05) is 37.6 Å². The lowest BCUT2D eigenvalue weighted by Crippen LogP contribution is -2.31. The lowest BCUT2D eigenvalue weighted by molar-refractivity contribution is 0.0964. The number of benzene rings is 3. The minimum Gasteiger partial charge on any atom is -0.492 e. The zero-order chi connectivity index (χ0) is 29.1. The smallest absolute Gasteiger partial charge is 0.414 e. The number of unbranched alkanes of at least 4 members (excludes halogenated alkanes) is 1. The fourth-order valence-electron chi connectivity index (χ4n) is 5.17. The van der Waals surface area contributed by atoms with E-state index in [0.29, 0.717) is 42.6 Å². The van der Waals surface area contributed by atoms with Crippen molar-refractivity contribution < 1.29 is 23.5 Å². The van der Waals surface area contributed by atoms with Gasteiger partial charge in [0.25, 0.3) is 5.91 Å². The van der Waals surface area contributed by atoms with Crippen LogP contribution >= 0.6 is 11.6 Å². The van der Waals surface area contributed by atoms with Crippen LogP contribution in [0.25, 0.3) is 21.7 Å². The first-order chi connectivity index (χ1) is 19.8. The van der Waals surface area contributed by atoms with Crippen LogP contribution in [0.2, 0.25) is 0 Å². The highest BCUT2D eigenvalue weighted by atomic mass is 35.5. The Morgan fingerprint density at radius 3 is 2.56 bits per heavy atom. The van der Waals surface area contributed by atoms with E-state index in [0.717, 1.165) is 46.9 Å². The Bertz CT molecular complexity index is 1570. The van der Waals surface area contributed by atoms with Crippen LogP contribution in [0.3, 0.4) is 0 Å². The number of carbonyl (C=O) groups excluding carboxylic acids is 2. The Balaban J connectivity index is 1.48. The molecule has 0 aliphatic carbocycles. The summed E-state index contributed by atoms with van der Waals surface area (Å²) >= 11 is 6.44. The zero-order valence-electron chi connectivity index (χ0n) is 24.0. The SMILES string of the molecule is CCCCN(C)C(=O)Oc1cc2c(c3ccccc13)[C@H](CCl)CN2C(=O)c1cc2cc(OCCN(C)C)ccc2o1. The van der Waals surface area contributed by atoms with Crippen LogP contribution in [-0.4, -0.2) is 75.1 Å². The van der Waals surface area contributed by atoms with E-state index >= 15 is 0 Å². The van der Waals surface area contributed by atoms with Crippen LogP contribution in [0.1, 0.15) is 41.8 Å². The predicted molar refractivity (Wildman–Crippen MR) is 163 cm³/mol. The number of ether oxygens (including phenoxy) is 2. The standard InChI is InChI=1S/C32H36ClN3O5/c1-5-6-13-35(4)32(38)41-28-18-26-30(25-10-8-7-9-24(25)28)22(19-33)20-36(26)31(37)29-17-21-16-23(11-12-27(21)40-29)39-15-14-34(2)3/h7-12,16-18,22H,5-6,13-15,19-20H2,1-4H3/t22-/m1/s1. The molecule has 1 aliphatic heterocycles. The van der Waals surface area contributed by atoms with E-state index in [9.17, 15) is 9.59 Å². The van der Waals surface area contributed by atoms with Crippen LogP contribution in [0.15, 0.2) is 59.0 Å². The second-order valence-corrected chi connectivity index (χ2v) is 11.0. The molecule has 9 heteroatoms. The summed E-state index contributed by atoms with van der Waals surface area (Å²) in [6.45, 7) is 4.43. The number of alkyl halides is 1. The van der Waals surface area contributed by atoms with Gasteiger partial charge in [0.15, 0.2) is 5.76 Å². The summed E-state index contributed by atoms with van der Waals surface area (Å²) < 4.78 is 17.7. The maximum atomic E-state index is 13.9. The number of hydrogen-bond acceptors (Lipinski definition) is 6. The number of nitrogens with zero attached hydrogens (tertiary/aromatic N) is 3. The van der Waals surface area contributed by atoms with Gasteiger partial charge >= 0.3 is 6.09 Å². The van der Waals surface area contributed by atoms with Crippen LogP contribution in [0, 0.1) is 0 Å². The number of halogens is 1. The van der Waals surface area contributed by atoms with Crippen molar-refractivity contribution in [2.24, 2.45) is 0 Å². The molecule has 5 rings (SSSR count). The number of rotatable bonds is 10. The molecule has 0 saturated carbocycles. The maximum Gasteiger partial charge on any atom is 0.414 e. The monoisotopic (exact) mass is 577 g/mol. The van der Waals surface area contributed by atoms with E-state index in [-0.39, 0.29) is 17.6 Å². The van der Waals surface area contributed by atoms with Gasteiger partial charge in [0.2, 0.25) is 0 Å². The first-order valence-electron chi connectivity index (χ1n) is 14.0. The summed E-state index contributed by atoms with van der Waals surface area (Å²) in [4.78, 5) is 32.1. The molecule has 0 fully saturated rings. The number of amides is 2. The second-order valence-electron chi connectivity index (χ2n) is 10.7. The highest BCUT2D eigenvalue weighted by Gasteiger charge is 2.36. The van der Waals surface area contributed by atoms with Crippen molar-refractivity contribution in [1.29, 1.82) is 0 Å². The van der Waals surface area contributed by atoms with Crippen molar-refractivity contribution in [3.8, 4) is 11.5 Å². The van der Waals surface area contributed by atoms with Gasteiger partial charge in [-0.25, -0.2) is 4.79 Å². The van der Waals surface area contributed by atoms with E-state index in [4.69, 9.17) is 25.5 Å². The first-order valence-corrected chi connectivity index (χ1v) is 14.5. The summed E-state index contributed by atoms with van der Waals surface area (Å²) in [5.74, 6) is 1.32. The number of carbonyl (C=O) groups is 2. The molecule has 41 heavy (non-hydrogen) atoms. The third kappa shape index (κ3) is 5.99. The number of fused-ring (bicyclic) bond motifs is 4. The molecule has 2 heterocycles. The van der Waals surface area contributed by atoms with Gasteiger partial charge in [0, 0.05) is 55.3 Å². The highest BCUT2D eigenvalue weighted by molar-refractivity contribution is 6.19. The van der Waals surface area contributed by atoms with Crippen molar-refractivity contribution in [2.75, 3.05) is 58.2 Å². The maximum absolute atomic E-state index is 13.9. The molecular weight excluding hydrogens is 542 g/mol. The second kappa shape index (κ2) is 12.4. The van der Waals surface area contributed by atoms with Gasteiger partial charge in [-0.05, 0) is 55.7 Å². The van der Waals surface area contributed by atoms with Gasteiger partial charge in [-0.2, -0.15) is 0 Å². The number of hydrogen-bond donors (Lipinski definition) is 0. The zero-order valence-corrected chi connectivity index (χ0v) is 24.7. The van der Waals surface area contributed by atoms with Crippen LogP contribution in [0.5, 0.6) is 11.5 Å². The molecule has 0 saturated heterocycles. The van der Waals surface area contributed by atoms with Crippen molar-refractivity contribution in [1.82, 2.24) is 9.80 Å². The third-order valence-electron chi connectivity index (χ3n) is 7.42. The fourth-order valence-corrected chi connectivity index (χ4v) is 5.42. The summed E-state index contributed by atoms with van der Waals surface area (Å²) in [6, 6.07) is 16.8. The van der Waals surface area contributed by atoms with Crippen molar-refractivity contribution >= 4 is 51.0 Å². The average molecular weight is 578 g/mol. The molecule has 1 atom stereocenters. The van der Waals surface area contributed by atoms with Gasteiger partial charge in [0.05, 0.1) is 5.69 Å². The predicted octanol–water partition coefficient (Wildman–Crippen LogP) is 6.74. The molecule has 8 nitrogen and oxygen atoms in total. The molecule has 0 unspecified atom stereocenters. The molecular formula is C32H36ClN3O5. The summed E-state index contributed by atoms with van der Waals surface area (Å²) in [5, 5.41) is 2.50. The van der Waals surface area contributed by atoms with Crippen LogP contribution < -0.4 is 14.4 Å². The van der Waals surface area contributed by atoms with Gasteiger partial charge < -0.3 is 28.6 Å².